The largest absolute Gasteiger partial charge is 0.383 e. The number of benzene rings is 1. The van der Waals surface area contributed by atoms with Crippen molar-refractivity contribution >= 4 is 0 Å². The van der Waals surface area contributed by atoms with Crippen LogP contribution < -0.4 is 5.73 Å². The first kappa shape index (κ1) is 16.0. The molecule has 0 aliphatic heterocycles. The molecule has 108 valence electrons. The van der Waals surface area contributed by atoms with Crippen LogP contribution in [0.2, 0.25) is 0 Å². The van der Waals surface area contributed by atoms with Crippen molar-refractivity contribution in [3.63, 3.8) is 0 Å². The summed E-state index contributed by atoms with van der Waals surface area (Å²) in [4.78, 5) is 2.08. The molecular weight excluding hydrogens is 250 g/mol. The van der Waals surface area contributed by atoms with Gasteiger partial charge < -0.3 is 15.4 Å². The third-order valence-electron chi connectivity index (χ3n) is 3.33. The molecule has 0 amide bonds. The fourth-order valence-electron chi connectivity index (χ4n) is 1.89. The van der Waals surface area contributed by atoms with Gasteiger partial charge in [0.15, 0.2) is 11.6 Å². The van der Waals surface area contributed by atoms with E-state index in [0.717, 1.165) is 6.07 Å². The van der Waals surface area contributed by atoms with Crippen molar-refractivity contribution in [3.8, 4) is 0 Å². The van der Waals surface area contributed by atoms with Crippen molar-refractivity contribution in [3.05, 3.63) is 35.4 Å². The Morgan fingerprint density at radius 2 is 2.05 bits per heavy atom. The first-order chi connectivity index (χ1) is 8.97. The first-order valence-electron chi connectivity index (χ1n) is 6.36. The zero-order valence-corrected chi connectivity index (χ0v) is 11.7. The topological polar surface area (TPSA) is 38.5 Å². The zero-order chi connectivity index (χ0) is 14.4. The van der Waals surface area contributed by atoms with E-state index in [1.807, 2.05) is 14.0 Å². The third-order valence-corrected chi connectivity index (χ3v) is 3.33. The van der Waals surface area contributed by atoms with E-state index in [-0.39, 0.29) is 11.6 Å². The van der Waals surface area contributed by atoms with Crippen molar-refractivity contribution in [2.45, 2.75) is 25.4 Å². The predicted molar refractivity (Wildman–Crippen MR) is 71.9 cm³/mol. The summed E-state index contributed by atoms with van der Waals surface area (Å²) in [5.74, 6) is -1.70. The Morgan fingerprint density at radius 3 is 2.68 bits per heavy atom. The van der Waals surface area contributed by atoms with Crippen LogP contribution in [-0.4, -0.2) is 38.3 Å². The highest BCUT2D eigenvalue weighted by Gasteiger charge is 2.16. The SMILES string of the molecule is COCC(C)N(C)CCC(N)c1cccc(F)c1F. The standard InChI is InChI=1S/C14H22F2N2O/c1-10(9-19-3)18(2)8-7-13(17)11-5-4-6-12(15)14(11)16/h4-6,10,13H,7-9,17H2,1-3H3. The molecular formula is C14H22F2N2O. The van der Waals surface area contributed by atoms with Crippen LogP contribution in [0.15, 0.2) is 18.2 Å². The van der Waals surface area contributed by atoms with Gasteiger partial charge in [0.25, 0.3) is 0 Å². The summed E-state index contributed by atoms with van der Waals surface area (Å²) < 4.78 is 31.7. The number of nitrogens with two attached hydrogens (primary N) is 1. The molecule has 0 heterocycles. The van der Waals surface area contributed by atoms with Gasteiger partial charge in [-0.3, -0.25) is 0 Å². The van der Waals surface area contributed by atoms with Crippen LogP contribution in [-0.2, 0) is 4.74 Å². The first-order valence-corrected chi connectivity index (χ1v) is 6.36. The summed E-state index contributed by atoms with van der Waals surface area (Å²) in [5.41, 5.74) is 6.15. The second-order valence-corrected chi connectivity index (χ2v) is 4.82. The van der Waals surface area contributed by atoms with Crippen molar-refractivity contribution < 1.29 is 13.5 Å². The van der Waals surface area contributed by atoms with Gasteiger partial charge in [-0.05, 0) is 26.5 Å². The summed E-state index contributed by atoms with van der Waals surface area (Å²) in [6.07, 6.45) is 0.560. The Labute approximate surface area is 113 Å². The summed E-state index contributed by atoms with van der Waals surface area (Å²) in [7, 11) is 3.61. The lowest BCUT2D eigenvalue weighted by molar-refractivity contribution is 0.113. The highest BCUT2D eigenvalue weighted by atomic mass is 19.2. The van der Waals surface area contributed by atoms with Gasteiger partial charge in [0.2, 0.25) is 0 Å². The Morgan fingerprint density at radius 1 is 1.37 bits per heavy atom. The third kappa shape index (κ3) is 4.53. The van der Waals surface area contributed by atoms with E-state index in [1.54, 1.807) is 7.11 Å². The molecule has 2 atom stereocenters. The summed E-state index contributed by atoms with van der Waals surface area (Å²) in [5, 5.41) is 0. The van der Waals surface area contributed by atoms with Crippen molar-refractivity contribution in [1.29, 1.82) is 0 Å². The van der Waals surface area contributed by atoms with E-state index in [1.165, 1.54) is 12.1 Å². The summed E-state index contributed by atoms with van der Waals surface area (Å²) >= 11 is 0. The van der Waals surface area contributed by atoms with Crippen LogP contribution in [0.5, 0.6) is 0 Å². The number of methoxy groups -OCH3 is 1. The van der Waals surface area contributed by atoms with Gasteiger partial charge in [0.1, 0.15) is 0 Å². The monoisotopic (exact) mass is 272 g/mol. The van der Waals surface area contributed by atoms with Crippen molar-refractivity contribution in [2.24, 2.45) is 5.73 Å². The van der Waals surface area contributed by atoms with Gasteiger partial charge in [0.05, 0.1) is 6.61 Å². The van der Waals surface area contributed by atoms with E-state index in [4.69, 9.17) is 10.5 Å². The second kappa shape index (κ2) is 7.53. The minimum atomic E-state index is -0.853. The van der Waals surface area contributed by atoms with Crippen LogP contribution in [0.25, 0.3) is 0 Å². The van der Waals surface area contributed by atoms with Gasteiger partial charge in [-0.1, -0.05) is 12.1 Å². The minimum Gasteiger partial charge on any atom is -0.383 e. The highest BCUT2D eigenvalue weighted by Crippen LogP contribution is 2.20. The molecule has 2 unspecified atom stereocenters. The Hall–Kier alpha value is -1.04. The normalized spacial score (nSPS) is 14.7. The van der Waals surface area contributed by atoms with Gasteiger partial charge in [-0.25, -0.2) is 8.78 Å². The van der Waals surface area contributed by atoms with E-state index in [2.05, 4.69) is 4.90 Å². The summed E-state index contributed by atoms with van der Waals surface area (Å²) in [6.45, 7) is 3.36. The van der Waals surface area contributed by atoms with Crippen LogP contribution in [0.3, 0.4) is 0 Å². The van der Waals surface area contributed by atoms with E-state index >= 15 is 0 Å². The molecule has 0 spiro atoms. The van der Waals surface area contributed by atoms with Crippen LogP contribution in [0, 0.1) is 11.6 Å². The maximum Gasteiger partial charge on any atom is 0.163 e. The molecule has 0 aliphatic rings. The number of nitrogens with zero attached hydrogens (tertiary/aromatic N) is 1. The number of ether oxygens (including phenoxy) is 1. The molecule has 5 heteroatoms. The molecule has 0 saturated carbocycles. The van der Waals surface area contributed by atoms with Gasteiger partial charge in [-0.15, -0.1) is 0 Å². The summed E-state index contributed by atoms with van der Waals surface area (Å²) in [6, 6.07) is 3.85. The van der Waals surface area contributed by atoms with Gasteiger partial charge in [-0.2, -0.15) is 0 Å². The molecule has 0 aromatic heterocycles. The van der Waals surface area contributed by atoms with Crippen molar-refractivity contribution in [2.75, 3.05) is 27.3 Å². The maximum atomic E-state index is 13.6. The van der Waals surface area contributed by atoms with Crippen LogP contribution in [0.1, 0.15) is 24.9 Å². The number of rotatable bonds is 7. The molecule has 1 rings (SSSR count). The van der Waals surface area contributed by atoms with E-state index in [9.17, 15) is 8.78 Å². The number of halogens is 2. The number of hydrogen-bond acceptors (Lipinski definition) is 3. The molecule has 1 aromatic rings. The zero-order valence-electron chi connectivity index (χ0n) is 11.7. The molecule has 1 aromatic carbocycles. The van der Waals surface area contributed by atoms with Crippen LogP contribution in [0.4, 0.5) is 8.78 Å². The predicted octanol–water partition coefficient (Wildman–Crippen LogP) is 2.32. The molecule has 0 fully saturated rings. The quantitative estimate of drug-likeness (QED) is 0.828. The Bertz CT molecular complexity index is 401. The fraction of sp³-hybridized carbons (Fsp3) is 0.571. The van der Waals surface area contributed by atoms with Gasteiger partial charge in [0, 0.05) is 31.3 Å². The smallest absolute Gasteiger partial charge is 0.163 e. The van der Waals surface area contributed by atoms with Crippen molar-refractivity contribution in [1.82, 2.24) is 4.90 Å². The number of likely N-dealkylation sites (N-methyl/N-ethyl adjacent to an activating group) is 1. The lowest BCUT2D eigenvalue weighted by Gasteiger charge is -2.25. The lowest BCUT2D eigenvalue weighted by Crippen LogP contribution is -2.34. The minimum absolute atomic E-state index is 0.229. The molecule has 0 saturated heterocycles. The Kier molecular flexibility index (Phi) is 6.34. The lowest BCUT2D eigenvalue weighted by atomic mass is 10.0. The van der Waals surface area contributed by atoms with E-state index in [0.29, 0.717) is 19.6 Å². The second-order valence-electron chi connectivity index (χ2n) is 4.82. The molecule has 19 heavy (non-hydrogen) atoms. The Balaban J connectivity index is 2.55. The molecule has 0 bridgehead atoms. The average Bonchev–Trinajstić information content (AvgIpc) is 2.39. The molecule has 0 aliphatic carbocycles. The number of hydrogen-bond donors (Lipinski definition) is 1. The van der Waals surface area contributed by atoms with Crippen LogP contribution >= 0.6 is 0 Å². The fourth-order valence-corrected chi connectivity index (χ4v) is 1.89. The molecule has 3 nitrogen and oxygen atoms in total. The molecule has 2 N–H and O–H groups in total. The maximum absolute atomic E-state index is 13.6. The highest BCUT2D eigenvalue weighted by molar-refractivity contribution is 5.22. The van der Waals surface area contributed by atoms with E-state index < -0.39 is 17.7 Å². The molecule has 0 radical (unpaired) electrons. The average molecular weight is 272 g/mol. The van der Waals surface area contributed by atoms with Gasteiger partial charge >= 0.3 is 0 Å².